The van der Waals surface area contributed by atoms with E-state index in [1.807, 2.05) is 58.9 Å². The first-order chi connectivity index (χ1) is 36.0. The molecule has 6 aromatic rings. The van der Waals surface area contributed by atoms with Crippen molar-refractivity contribution in [3.8, 4) is 33.1 Å². The van der Waals surface area contributed by atoms with Gasteiger partial charge in [-0.3, -0.25) is 29.3 Å². The van der Waals surface area contributed by atoms with E-state index >= 15 is 0 Å². The van der Waals surface area contributed by atoms with Crippen LogP contribution in [0, 0.1) is 23.7 Å². The van der Waals surface area contributed by atoms with E-state index in [1.165, 1.54) is 15.8 Å². The van der Waals surface area contributed by atoms with E-state index in [0.717, 1.165) is 21.7 Å². The summed E-state index contributed by atoms with van der Waals surface area (Å²) in [5, 5.41) is 29.2. The number of amides is 3. The molecule has 0 saturated carbocycles. The van der Waals surface area contributed by atoms with Gasteiger partial charge in [-0.15, -0.1) is 23.7 Å². The number of carbonyl (C=O) groups excluding carboxylic acids is 4. The van der Waals surface area contributed by atoms with Crippen LogP contribution in [0.2, 0.25) is 5.02 Å². The normalized spacial score (nSPS) is 17.3. The van der Waals surface area contributed by atoms with Gasteiger partial charge in [-0.2, -0.15) is 18.3 Å². The molecule has 3 aromatic carbocycles. The number of alkyl halides is 3. The maximum Gasteiger partial charge on any atom is 0.435 e. The number of benzene rings is 3. The molecule has 5 heterocycles. The van der Waals surface area contributed by atoms with E-state index in [9.17, 15) is 37.5 Å². The second kappa shape index (κ2) is 24.0. The summed E-state index contributed by atoms with van der Waals surface area (Å²) in [5.74, 6) is -1.85. The number of imidazole rings is 1. The number of halogens is 5. The van der Waals surface area contributed by atoms with Gasteiger partial charge in [0.2, 0.25) is 23.3 Å². The first-order valence-corrected chi connectivity index (χ1v) is 26.5. The van der Waals surface area contributed by atoms with Crippen LogP contribution in [0.25, 0.3) is 21.6 Å². The third-order valence-corrected chi connectivity index (χ3v) is 15.2. The average molecular weight is 1120 g/mol. The first kappa shape index (κ1) is 58.2. The van der Waals surface area contributed by atoms with Crippen LogP contribution < -0.4 is 25.7 Å². The molecule has 3 amide bonds. The molecule has 2 aliphatic rings. The Labute approximate surface area is 459 Å². The number of fused-ring (bicyclic) bond motifs is 1. The minimum absolute atomic E-state index is 0. The predicted octanol–water partition coefficient (Wildman–Crippen LogP) is 9.12. The number of ketones is 1. The van der Waals surface area contributed by atoms with Crippen LogP contribution in [-0.2, 0) is 47.1 Å². The lowest BCUT2D eigenvalue weighted by molar-refractivity contribution is -0.144. The highest BCUT2D eigenvalue weighted by Gasteiger charge is 2.45. The monoisotopic (exact) mass is 1120 g/mol. The van der Waals surface area contributed by atoms with Crippen LogP contribution in [-0.4, -0.2) is 95.4 Å². The first-order valence-electron chi connectivity index (χ1n) is 25.3. The molecule has 1 saturated heterocycles. The fourth-order valence-electron chi connectivity index (χ4n) is 9.68. The van der Waals surface area contributed by atoms with Crippen molar-refractivity contribution in [2.45, 2.75) is 117 Å². The fourth-order valence-corrected chi connectivity index (χ4v) is 10.7. The quantitative estimate of drug-likeness (QED) is 0.0607. The third-order valence-electron chi connectivity index (χ3n) is 13.9. The number of aryl methyl sites for hydroxylation is 3. The number of aromatic nitrogens is 5. The Bertz CT molecular complexity index is 3180. The van der Waals surface area contributed by atoms with Crippen LogP contribution in [0.5, 0.6) is 11.5 Å². The van der Waals surface area contributed by atoms with Gasteiger partial charge in [-0.25, -0.2) is 4.98 Å². The Morgan fingerprint density at radius 2 is 1.74 bits per heavy atom. The Morgan fingerprint density at radius 1 is 1.01 bits per heavy atom. The van der Waals surface area contributed by atoms with Gasteiger partial charge in [-0.1, -0.05) is 62.7 Å². The Hall–Kier alpha value is -6.48. The van der Waals surface area contributed by atoms with Crippen molar-refractivity contribution in [3.63, 3.8) is 0 Å². The van der Waals surface area contributed by atoms with Gasteiger partial charge in [0.25, 0.3) is 0 Å². The van der Waals surface area contributed by atoms with E-state index in [2.05, 4.69) is 20.7 Å². The molecular formula is C55H64Cl2F3N9O7S. The second-order valence-electron chi connectivity index (χ2n) is 20.7. The minimum Gasteiger partial charge on any atom is -0.492 e. The van der Waals surface area contributed by atoms with E-state index in [4.69, 9.17) is 26.5 Å². The predicted molar refractivity (Wildman–Crippen MR) is 288 cm³/mol. The SMILES string of the molecule is CCn1cc(-c2cc(Cn3ccn(C)c3=N)cc3c2OCC(Cc2ccc(Cl)c(OCCCCC(=O)N[C@H](C(=O)N4C[C@H](O)C[C@H]4C(=O)N[C@@H](C)c4ccc(-c5scnc5C)cc4)C(C)(C)C)c2)C3=O)c(C(F)(F)F)n1.Cl. The molecule has 1 fully saturated rings. The van der Waals surface area contributed by atoms with Crippen molar-refractivity contribution in [1.82, 2.24) is 39.4 Å². The van der Waals surface area contributed by atoms with Crippen molar-refractivity contribution in [3.05, 3.63) is 123 Å². The molecule has 2 aliphatic heterocycles. The lowest BCUT2D eigenvalue weighted by Crippen LogP contribution is -2.57. The van der Waals surface area contributed by atoms with Crippen molar-refractivity contribution >= 4 is 58.8 Å². The van der Waals surface area contributed by atoms with E-state index in [0.29, 0.717) is 34.7 Å². The van der Waals surface area contributed by atoms with E-state index in [1.54, 1.807) is 82.7 Å². The summed E-state index contributed by atoms with van der Waals surface area (Å²) in [6, 6.07) is 13.9. The number of aliphatic hydroxyl groups is 1. The molecule has 0 bridgehead atoms. The summed E-state index contributed by atoms with van der Waals surface area (Å²) in [7, 11) is 1.70. The number of hydrogen-bond donors (Lipinski definition) is 4. The second-order valence-corrected chi connectivity index (χ2v) is 21.9. The summed E-state index contributed by atoms with van der Waals surface area (Å²) in [5.41, 5.74) is 4.17. The standard InChI is InChI=1S/C55H63ClF3N9O7S.ClH/c1-8-67-28-41(49(64-67)55(57,58)59)39-22-34(26-66-19-18-65(7)53(66)60)23-40-46(71)37(29-75-47(39)40)21-33-12-17-42(56)44(24-33)74-20-10-9-11-45(70)63-50(54(4,5)6)52(73)68-27-38(69)25-43(68)51(72)62-31(2)35-13-15-36(16-14-35)48-32(3)61-30-76-48;/h12-19,22-24,28,30-31,37-38,43,50,60,69H,8-11,20-21,25-27,29H2,1-7H3,(H,62,72)(H,63,70);1H/t31-,37?,38+,43-,50+;/m0./s1. The molecule has 3 aromatic heterocycles. The number of ether oxygens (including phenoxy) is 2. The number of Topliss-reactive ketones (excluding diaryl/α,β-unsaturated/α-hetero) is 1. The zero-order chi connectivity index (χ0) is 54.8. The molecule has 0 aliphatic carbocycles. The molecule has 1 unspecified atom stereocenters. The maximum atomic E-state index is 14.4. The number of nitrogens with zero attached hydrogens (tertiary/aromatic N) is 6. The summed E-state index contributed by atoms with van der Waals surface area (Å²) in [6.07, 6.45) is 0.155. The zero-order valence-corrected chi connectivity index (χ0v) is 46.3. The number of thiazole rings is 1. The molecule has 77 heavy (non-hydrogen) atoms. The van der Waals surface area contributed by atoms with Crippen molar-refractivity contribution in [2.24, 2.45) is 18.4 Å². The van der Waals surface area contributed by atoms with E-state index in [-0.39, 0.29) is 110 Å². The van der Waals surface area contributed by atoms with E-state index < -0.39 is 53.2 Å². The Balaban J connectivity index is 0.00000861. The smallest absolute Gasteiger partial charge is 0.435 e. The molecule has 22 heteroatoms. The van der Waals surface area contributed by atoms with Crippen LogP contribution in [0.3, 0.4) is 0 Å². The van der Waals surface area contributed by atoms with Crippen molar-refractivity contribution in [1.29, 1.82) is 5.41 Å². The van der Waals surface area contributed by atoms with Gasteiger partial charge in [0, 0.05) is 62.7 Å². The van der Waals surface area contributed by atoms with Crippen LogP contribution in [0.15, 0.2) is 78.7 Å². The van der Waals surface area contributed by atoms with Crippen LogP contribution in [0.4, 0.5) is 13.2 Å². The van der Waals surface area contributed by atoms with Crippen LogP contribution in [0.1, 0.15) is 105 Å². The largest absolute Gasteiger partial charge is 0.492 e. The molecule has 5 atom stereocenters. The highest BCUT2D eigenvalue weighted by Crippen LogP contribution is 2.44. The number of aliphatic hydroxyl groups excluding tert-OH is 1. The maximum absolute atomic E-state index is 14.4. The molecular weight excluding hydrogens is 1060 g/mol. The van der Waals surface area contributed by atoms with Gasteiger partial charge in [-0.05, 0) is 92.0 Å². The number of unbranched alkanes of at least 4 members (excludes halogenated alkanes) is 1. The lowest BCUT2D eigenvalue weighted by atomic mass is 9.85. The van der Waals surface area contributed by atoms with Crippen LogP contribution >= 0.6 is 35.3 Å². The highest BCUT2D eigenvalue weighted by atomic mass is 35.5. The minimum atomic E-state index is -4.78. The summed E-state index contributed by atoms with van der Waals surface area (Å²) in [4.78, 5) is 62.6. The van der Waals surface area contributed by atoms with Gasteiger partial charge >= 0.3 is 6.18 Å². The number of hydrogen-bond acceptors (Lipinski definition) is 11. The number of rotatable bonds is 18. The molecule has 16 nitrogen and oxygen atoms in total. The highest BCUT2D eigenvalue weighted by molar-refractivity contribution is 7.13. The van der Waals surface area contributed by atoms with Crippen molar-refractivity contribution < 1.29 is 46.9 Å². The lowest BCUT2D eigenvalue weighted by Gasteiger charge is -2.35. The fraction of sp³-hybridized carbons (Fsp3) is 0.436. The summed E-state index contributed by atoms with van der Waals surface area (Å²) >= 11 is 8.12. The van der Waals surface area contributed by atoms with Gasteiger partial charge in [0.05, 0.1) is 64.5 Å². The van der Waals surface area contributed by atoms with Gasteiger partial charge < -0.3 is 39.2 Å². The Morgan fingerprint density at radius 3 is 2.39 bits per heavy atom. The summed E-state index contributed by atoms with van der Waals surface area (Å²) < 4.78 is 59.9. The molecule has 0 radical (unpaired) electrons. The molecule has 8 rings (SSSR count). The molecule has 4 N–H and O–H groups in total. The average Bonchev–Trinajstić information content (AvgIpc) is 4.20. The zero-order valence-electron chi connectivity index (χ0n) is 43.9. The van der Waals surface area contributed by atoms with Gasteiger partial charge in [0.15, 0.2) is 11.5 Å². The number of β-amino-alcohol motifs (C(OH)–C–C–N with tert-alkyl or cyclic N) is 1. The molecule has 0 spiro atoms. The number of nitrogens with one attached hydrogen (secondary N) is 3. The summed E-state index contributed by atoms with van der Waals surface area (Å²) in [6.45, 7) is 11.3. The van der Waals surface area contributed by atoms with Gasteiger partial charge in [0.1, 0.15) is 23.6 Å². The number of carbonyl (C=O) groups is 4. The Kier molecular flexibility index (Phi) is 18.2. The third kappa shape index (κ3) is 13.3. The van der Waals surface area contributed by atoms with Crippen molar-refractivity contribution in [2.75, 3.05) is 19.8 Å². The topological polar surface area (TPSA) is 199 Å². The molecule has 412 valence electrons. The number of likely N-dealkylation sites (tertiary alicyclic amines) is 1.